The molecule has 1 aromatic carbocycles. The number of nitrogens with one attached hydrogen (secondary N) is 1. The molecule has 1 aromatic heterocycles. The number of hydrogen-bond acceptors (Lipinski definition) is 5. The van der Waals surface area contributed by atoms with Crippen molar-refractivity contribution < 1.29 is 4.74 Å². The SMILES string of the molecule is CN(C)CCOc1ccc(NCc2ncc(Cl)s2)cc1. The molecule has 4 nitrogen and oxygen atoms in total. The fourth-order valence-electron chi connectivity index (χ4n) is 1.56. The van der Waals surface area contributed by atoms with Crippen molar-refractivity contribution >= 4 is 28.6 Å². The van der Waals surface area contributed by atoms with Crippen molar-refractivity contribution in [3.05, 3.63) is 39.8 Å². The van der Waals surface area contributed by atoms with E-state index in [1.807, 2.05) is 38.4 Å². The van der Waals surface area contributed by atoms with Crippen LogP contribution in [-0.4, -0.2) is 37.1 Å². The molecule has 0 aliphatic carbocycles. The lowest BCUT2D eigenvalue weighted by molar-refractivity contribution is 0.261. The molecule has 0 radical (unpaired) electrons. The van der Waals surface area contributed by atoms with E-state index in [0.717, 1.165) is 23.0 Å². The van der Waals surface area contributed by atoms with Gasteiger partial charge in [0.15, 0.2) is 0 Å². The summed E-state index contributed by atoms with van der Waals surface area (Å²) in [7, 11) is 4.06. The molecule has 1 heterocycles. The number of nitrogens with zero attached hydrogens (tertiary/aromatic N) is 2. The number of benzene rings is 1. The Kier molecular flexibility index (Phi) is 5.64. The summed E-state index contributed by atoms with van der Waals surface area (Å²) < 4.78 is 6.36. The third-order valence-electron chi connectivity index (χ3n) is 2.63. The quantitative estimate of drug-likeness (QED) is 0.851. The molecule has 20 heavy (non-hydrogen) atoms. The van der Waals surface area contributed by atoms with Gasteiger partial charge in [0.1, 0.15) is 21.7 Å². The van der Waals surface area contributed by atoms with Gasteiger partial charge in [0.2, 0.25) is 0 Å². The molecule has 0 fully saturated rings. The summed E-state index contributed by atoms with van der Waals surface area (Å²) in [6.45, 7) is 2.28. The second-order valence-corrected chi connectivity index (χ2v) is 6.33. The van der Waals surface area contributed by atoms with Crippen molar-refractivity contribution in [2.75, 3.05) is 32.6 Å². The lowest BCUT2D eigenvalue weighted by Crippen LogP contribution is -2.19. The monoisotopic (exact) mass is 311 g/mol. The van der Waals surface area contributed by atoms with Crippen LogP contribution in [0, 0.1) is 0 Å². The van der Waals surface area contributed by atoms with Crippen LogP contribution in [0.1, 0.15) is 5.01 Å². The van der Waals surface area contributed by atoms with Crippen molar-refractivity contribution in [2.24, 2.45) is 0 Å². The van der Waals surface area contributed by atoms with Gasteiger partial charge in [0, 0.05) is 12.2 Å². The Balaban J connectivity index is 1.79. The molecule has 0 unspecified atom stereocenters. The van der Waals surface area contributed by atoms with E-state index in [9.17, 15) is 0 Å². The van der Waals surface area contributed by atoms with Gasteiger partial charge >= 0.3 is 0 Å². The van der Waals surface area contributed by atoms with Crippen LogP contribution in [0.4, 0.5) is 5.69 Å². The summed E-state index contributed by atoms with van der Waals surface area (Å²) in [6, 6.07) is 7.93. The van der Waals surface area contributed by atoms with Crippen molar-refractivity contribution in [3.63, 3.8) is 0 Å². The zero-order valence-corrected chi connectivity index (χ0v) is 13.2. The molecule has 0 amide bonds. The number of anilines is 1. The molecule has 2 rings (SSSR count). The van der Waals surface area contributed by atoms with Crippen molar-refractivity contribution in [3.8, 4) is 5.75 Å². The molecule has 0 saturated heterocycles. The number of likely N-dealkylation sites (N-methyl/N-ethyl adjacent to an activating group) is 1. The number of halogens is 1. The van der Waals surface area contributed by atoms with Gasteiger partial charge in [-0.05, 0) is 38.4 Å². The maximum absolute atomic E-state index is 5.84. The van der Waals surface area contributed by atoms with E-state index >= 15 is 0 Å². The summed E-state index contributed by atoms with van der Waals surface area (Å²) in [6.07, 6.45) is 1.67. The van der Waals surface area contributed by atoms with Gasteiger partial charge in [0.25, 0.3) is 0 Å². The fourth-order valence-corrected chi connectivity index (χ4v) is 2.46. The largest absolute Gasteiger partial charge is 0.492 e. The molecule has 0 atom stereocenters. The van der Waals surface area contributed by atoms with E-state index in [2.05, 4.69) is 15.2 Å². The molecule has 0 aliphatic heterocycles. The second kappa shape index (κ2) is 7.47. The summed E-state index contributed by atoms with van der Waals surface area (Å²) in [5.74, 6) is 0.884. The highest BCUT2D eigenvalue weighted by molar-refractivity contribution is 7.15. The first-order valence-corrected chi connectivity index (χ1v) is 7.54. The molecule has 0 spiro atoms. The van der Waals surface area contributed by atoms with Gasteiger partial charge in [-0.1, -0.05) is 11.6 Å². The van der Waals surface area contributed by atoms with Crippen LogP contribution < -0.4 is 10.1 Å². The van der Waals surface area contributed by atoms with Crippen LogP contribution >= 0.6 is 22.9 Å². The average Bonchev–Trinajstić information content (AvgIpc) is 2.83. The van der Waals surface area contributed by atoms with Gasteiger partial charge in [-0.2, -0.15) is 0 Å². The van der Waals surface area contributed by atoms with Crippen LogP contribution in [-0.2, 0) is 6.54 Å². The maximum Gasteiger partial charge on any atom is 0.119 e. The van der Waals surface area contributed by atoms with E-state index in [1.165, 1.54) is 11.3 Å². The molecule has 108 valence electrons. The Morgan fingerprint density at radius 1 is 1.30 bits per heavy atom. The zero-order chi connectivity index (χ0) is 14.4. The third kappa shape index (κ3) is 5.00. The van der Waals surface area contributed by atoms with Crippen LogP contribution in [0.5, 0.6) is 5.75 Å². The minimum absolute atomic E-state index is 0.679. The third-order valence-corrected chi connectivity index (χ3v) is 3.75. The van der Waals surface area contributed by atoms with Crippen LogP contribution in [0.15, 0.2) is 30.5 Å². The first-order valence-electron chi connectivity index (χ1n) is 6.35. The highest BCUT2D eigenvalue weighted by atomic mass is 35.5. The van der Waals surface area contributed by atoms with Crippen LogP contribution in [0.2, 0.25) is 4.34 Å². The molecule has 1 N–H and O–H groups in total. The molecule has 2 aromatic rings. The molecule has 6 heteroatoms. The number of rotatable bonds is 7. The fraction of sp³-hybridized carbons (Fsp3) is 0.357. The normalized spacial score (nSPS) is 10.8. The van der Waals surface area contributed by atoms with Gasteiger partial charge < -0.3 is 15.0 Å². The number of thiazole rings is 1. The highest BCUT2D eigenvalue weighted by Crippen LogP contribution is 2.20. The first-order chi connectivity index (χ1) is 9.63. The second-order valence-electron chi connectivity index (χ2n) is 4.59. The zero-order valence-electron chi connectivity index (χ0n) is 11.6. The Labute approximate surface area is 128 Å². The van der Waals surface area contributed by atoms with Gasteiger partial charge in [0.05, 0.1) is 12.7 Å². The van der Waals surface area contributed by atoms with E-state index in [1.54, 1.807) is 6.20 Å². The average molecular weight is 312 g/mol. The van der Waals surface area contributed by atoms with Crippen LogP contribution in [0.3, 0.4) is 0 Å². The minimum atomic E-state index is 0.679. The lowest BCUT2D eigenvalue weighted by Gasteiger charge is -2.11. The lowest BCUT2D eigenvalue weighted by atomic mass is 10.3. The Morgan fingerprint density at radius 3 is 2.65 bits per heavy atom. The molecule has 0 aliphatic rings. The predicted octanol–water partition coefficient (Wildman–Crippen LogP) is 3.35. The number of hydrogen-bond donors (Lipinski definition) is 1. The summed E-state index contributed by atoms with van der Waals surface area (Å²) in [5.41, 5.74) is 1.04. The van der Waals surface area contributed by atoms with Crippen LogP contribution in [0.25, 0.3) is 0 Å². The van der Waals surface area contributed by atoms with Gasteiger partial charge in [-0.3, -0.25) is 0 Å². The Hall–Kier alpha value is -1.30. The summed E-state index contributed by atoms with van der Waals surface area (Å²) in [5, 5.41) is 4.27. The van der Waals surface area contributed by atoms with E-state index < -0.39 is 0 Å². The Bertz CT molecular complexity index is 527. The minimum Gasteiger partial charge on any atom is -0.492 e. The topological polar surface area (TPSA) is 37.4 Å². The maximum atomic E-state index is 5.84. The molecule has 0 saturated carbocycles. The van der Waals surface area contributed by atoms with Crippen molar-refractivity contribution in [2.45, 2.75) is 6.54 Å². The molecular weight excluding hydrogens is 294 g/mol. The Morgan fingerprint density at radius 2 is 2.05 bits per heavy atom. The standard InChI is InChI=1S/C14H18ClN3OS/c1-18(2)7-8-19-12-5-3-11(4-6-12)16-10-14-17-9-13(15)20-14/h3-6,9,16H,7-8,10H2,1-2H3. The molecule has 0 bridgehead atoms. The summed E-state index contributed by atoms with van der Waals surface area (Å²) in [4.78, 5) is 6.29. The van der Waals surface area contributed by atoms with Gasteiger partial charge in [-0.25, -0.2) is 4.98 Å². The summed E-state index contributed by atoms with van der Waals surface area (Å²) >= 11 is 7.33. The smallest absolute Gasteiger partial charge is 0.119 e. The highest BCUT2D eigenvalue weighted by Gasteiger charge is 2.00. The van der Waals surface area contributed by atoms with E-state index in [4.69, 9.17) is 16.3 Å². The van der Waals surface area contributed by atoms with Crippen molar-refractivity contribution in [1.82, 2.24) is 9.88 Å². The first kappa shape index (κ1) is 15.1. The predicted molar refractivity (Wildman–Crippen MR) is 84.9 cm³/mol. The number of ether oxygens (including phenoxy) is 1. The van der Waals surface area contributed by atoms with E-state index in [-0.39, 0.29) is 0 Å². The molecular formula is C14H18ClN3OS. The van der Waals surface area contributed by atoms with Crippen molar-refractivity contribution in [1.29, 1.82) is 0 Å². The van der Waals surface area contributed by atoms with E-state index in [0.29, 0.717) is 17.5 Å². The van der Waals surface area contributed by atoms with Gasteiger partial charge in [-0.15, -0.1) is 11.3 Å². The number of aromatic nitrogens is 1.